The number of hydrogen-bond acceptors (Lipinski definition) is 2. The average molecular weight is 404 g/mol. The van der Waals surface area contributed by atoms with Gasteiger partial charge in [0, 0.05) is 38.5 Å². The molecule has 3 aliphatic rings. The number of hydrogen-bond donors (Lipinski definition) is 1. The second-order valence-corrected chi connectivity index (χ2v) is 9.09. The SMILES string of the molecule is O=C1CCC2(CN(C(=O)N3CCC(C(c4ccccc4)c4ccccc4)CC3)C2)N1. The molecule has 3 heterocycles. The van der Waals surface area contributed by atoms with Crippen molar-refractivity contribution in [2.24, 2.45) is 5.92 Å². The van der Waals surface area contributed by atoms with Crippen LogP contribution >= 0.6 is 0 Å². The van der Waals surface area contributed by atoms with Gasteiger partial charge in [0.25, 0.3) is 0 Å². The zero-order valence-electron chi connectivity index (χ0n) is 17.3. The monoisotopic (exact) mass is 403 g/mol. The van der Waals surface area contributed by atoms with Crippen LogP contribution < -0.4 is 5.32 Å². The highest BCUT2D eigenvalue weighted by molar-refractivity contribution is 5.82. The second kappa shape index (κ2) is 7.78. The van der Waals surface area contributed by atoms with Crippen LogP contribution in [0.15, 0.2) is 60.7 Å². The van der Waals surface area contributed by atoms with E-state index in [-0.39, 0.29) is 17.5 Å². The molecule has 1 N–H and O–H groups in total. The van der Waals surface area contributed by atoms with Crippen LogP contribution in [0.3, 0.4) is 0 Å². The normalized spacial score (nSPS) is 21.0. The van der Waals surface area contributed by atoms with Crippen molar-refractivity contribution in [3.8, 4) is 0 Å². The highest BCUT2D eigenvalue weighted by atomic mass is 16.2. The summed E-state index contributed by atoms with van der Waals surface area (Å²) in [7, 11) is 0. The van der Waals surface area contributed by atoms with E-state index in [0.29, 0.717) is 31.3 Å². The predicted octanol–water partition coefficient (Wildman–Crippen LogP) is 3.61. The molecule has 1 spiro atoms. The molecule has 2 aromatic rings. The summed E-state index contributed by atoms with van der Waals surface area (Å²) >= 11 is 0. The van der Waals surface area contributed by atoms with Crippen molar-refractivity contribution in [1.29, 1.82) is 0 Å². The van der Waals surface area contributed by atoms with Gasteiger partial charge in [-0.3, -0.25) is 4.79 Å². The first-order valence-electron chi connectivity index (χ1n) is 11.1. The summed E-state index contributed by atoms with van der Waals surface area (Å²) in [6.45, 7) is 2.92. The summed E-state index contributed by atoms with van der Waals surface area (Å²) in [6.07, 6.45) is 3.47. The molecule has 0 aromatic heterocycles. The van der Waals surface area contributed by atoms with Gasteiger partial charge in [-0.15, -0.1) is 0 Å². The van der Waals surface area contributed by atoms with Gasteiger partial charge in [0.1, 0.15) is 0 Å². The molecule has 3 fully saturated rings. The third kappa shape index (κ3) is 3.57. The third-order valence-electron chi connectivity index (χ3n) is 7.09. The minimum Gasteiger partial charge on any atom is -0.347 e. The molecule has 0 radical (unpaired) electrons. The maximum Gasteiger partial charge on any atom is 0.320 e. The van der Waals surface area contributed by atoms with Crippen molar-refractivity contribution in [3.63, 3.8) is 0 Å². The zero-order valence-corrected chi connectivity index (χ0v) is 17.3. The quantitative estimate of drug-likeness (QED) is 0.851. The van der Waals surface area contributed by atoms with Crippen LogP contribution in [0.4, 0.5) is 4.79 Å². The van der Waals surface area contributed by atoms with Gasteiger partial charge in [0.15, 0.2) is 0 Å². The molecular formula is C25H29N3O2. The largest absolute Gasteiger partial charge is 0.347 e. The number of nitrogens with zero attached hydrogens (tertiary/aromatic N) is 2. The van der Waals surface area contributed by atoms with Crippen molar-refractivity contribution in [3.05, 3.63) is 71.8 Å². The number of urea groups is 1. The van der Waals surface area contributed by atoms with E-state index in [1.807, 2.05) is 9.80 Å². The van der Waals surface area contributed by atoms with Crippen LogP contribution in [-0.2, 0) is 4.79 Å². The van der Waals surface area contributed by atoms with E-state index in [4.69, 9.17) is 0 Å². The number of carbonyl (C=O) groups is 2. The molecule has 0 aliphatic carbocycles. The molecule has 2 aromatic carbocycles. The number of rotatable bonds is 3. The first-order chi connectivity index (χ1) is 14.6. The van der Waals surface area contributed by atoms with E-state index in [9.17, 15) is 9.59 Å². The summed E-state index contributed by atoms with van der Waals surface area (Å²) in [6, 6.07) is 21.6. The zero-order chi connectivity index (χ0) is 20.6. The van der Waals surface area contributed by atoms with E-state index in [2.05, 4.69) is 66.0 Å². The highest BCUT2D eigenvalue weighted by Crippen LogP contribution is 2.38. The number of piperidine rings is 1. The minimum atomic E-state index is -0.142. The molecule has 3 amide bonds. The Morgan fingerprint density at radius 1 is 0.900 bits per heavy atom. The topological polar surface area (TPSA) is 52.7 Å². The lowest BCUT2D eigenvalue weighted by Gasteiger charge is -2.50. The fourth-order valence-electron chi connectivity index (χ4n) is 5.51. The van der Waals surface area contributed by atoms with E-state index >= 15 is 0 Å². The Kier molecular flexibility index (Phi) is 4.97. The molecule has 5 nitrogen and oxygen atoms in total. The number of nitrogens with one attached hydrogen (secondary N) is 1. The molecule has 3 aliphatic heterocycles. The van der Waals surface area contributed by atoms with Gasteiger partial charge in [0.2, 0.25) is 5.91 Å². The third-order valence-corrected chi connectivity index (χ3v) is 7.09. The fraction of sp³-hybridized carbons (Fsp3) is 0.440. The molecular weight excluding hydrogens is 374 g/mol. The predicted molar refractivity (Wildman–Crippen MR) is 116 cm³/mol. The Morgan fingerprint density at radius 3 is 1.97 bits per heavy atom. The van der Waals surface area contributed by atoms with Gasteiger partial charge in [-0.05, 0) is 36.3 Å². The van der Waals surface area contributed by atoms with E-state index in [1.54, 1.807) is 0 Å². The van der Waals surface area contributed by atoms with Gasteiger partial charge in [-0.1, -0.05) is 60.7 Å². The average Bonchev–Trinajstić information content (AvgIpc) is 3.17. The van der Waals surface area contributed by atoms with E-state index < -0.39 is 0 Å². The maximum atomic E-state index is 13.0. The van der Waals surface area contributed by atoms with Gasteiger partial charge >= 0.3 is 6.03 Å². The Hall–Kier alpha value is -2.82. The molecule has 0 bridgehead atoms. The first-order valence-corrected chi connectivity index (χ1v) is 11.1. The number of benzene rings is 2. The molecule has 0 atom stereocenters. The summed E-state index contributed by atoms with van der Waals surface area (Å²) in [4.78, 5) is 28.4. The fourth-order valence-corrected chi connectivity index (χ4v) is 5.51. The van der Waals surface area contributed by atoms with Crippen molar-refractivity contribution in [1.82, 2.24) is 15.1 Å². The van der Waals surface area contributed by atoms with Gasteiger partial charge < -0.3 is 15.1 Å². The van der Waals surface area contributed by atoms with Gasteiger partial charge in [0.05, 0.1) is 5.54 Å². The van der Waals surface area contributed by atoms with E-state index in [0.717, 1.165) is 32.4 Å². The van der Waals surface area contributed by atoms with Crippen molar-refractivity contribution in [2.75, 3.05) is 26.2 Å². The minimum absolute atomic E-state index is 0.121. The number of amides is 3. The molecule has 3 saturated heterocycles. The van der Waals surface area contributed by atoms with Crippen LogP contribution in [0.1, 0.15) is 42.7 Å². The van der Waals surface area contributed by atoms with Crippen LogP contribution in [0.5, 0.6) is 0 Å². The molecule has 0 saturated carbocycles. The lowest BCUT2D eigenvalue weighted by Crippen LogP contribution is -2.70. The standard InChI is InChI=1S/C25H29N3O2/c29-22-11-14-25(26-22)17-28(18-25)24(30)27-15-12-21(13-16-27)23(19-7-3-1-4-8-19)20-9-5-2-6-10-20/h1-10,21,23H,11-18H2,(H,26,29). The van der Waals surface area contributed by atoms with E-state index in [1.165, 1.54) is 11.1 Å². The number of carbonyl (C=O) groups excluding carboxylic acids is 2. The first kappa shape index (κ1) is 19.2. The molecule has 156 valence electrons. The van der Waals surface area contributed by atoms with Crippen LogP contribution in [-0.4, -0.2) is 53.5 Å². The Labute approximate surface area is 178 Å². The van der Waals surface area contributed by atoms with Crippen LogP contribution in [0.2, 0.25) is 0 Å². The summed E-state index contributed by atoms with van der Waals surface area (Å²) in [5.41, 5.74) is 2.57. The Morgan fingerprint density at radius 2 is 1.47 bits per heavy atom. The lowest BCUT2D eigenvalue weighted by molar-refractivity contribution is -0.120. The summed E-state index contributed by atoms with van der Waals surface area (Å²) < 4.78 is 0. The molecule has 5 rings (SSSR count). The van der Waals surface area contributed by atoms with Gasteiger partial charge in [-0.2, -0.15) is 0 Å². The molecule has 5 heteroatoms. The van der Waals surface area contributed by atoms with Gasteiger partial charge in [-0.25, -0.2) is 4.79 Å². The smallest absolute Gasteiger partial charge is 0.320 e. The second-order valence-electron chi connectivity index (χ2n) is 9.09. The Bertz CT molecular complexity index is 861. The van der Waals surface area contributed by atoms with Crippen molar-refractivity contribution < 1.29 is 9.59 Å². The molecule has 30 heavy (non-hydrogen) atoms. The summed E-state index contributed by atoms with van der Waals surface area (Å²) in [5.74, 6) is 1.01. The Balaban J connectivity index is 1.23. The maximum absolute atomic E-state index is 13.0. The molecule has 0 unspecified atom stereocenters. The highest BCUT2D eigenvalue weighted by Gasteiger charge is 2.50. The summed E-state index contributed by atoms with van der Waals surface area (Å²) in [5, 5.41) is 3.06. The van der Waals surface area contributed by atoms with Crippen molar-refractivity contribution >= 4 is 11.9 Å². The van der Waals surface area contributed by atoms with Crippen LogP contribution in [0, 0.1) is 5.92 Å². The van der Waals surface area contributed by atoms with Crippen LogP contribution in [0.25, 0.3) is 0 Å². The number of likely N-dealkylation sites (tertiary alicyclic amines) is 2. The van der Waals surface area contributed by atoms with Crippen molar-refractivity contribution in [2.45, 2.75) is 37.1 Å². The lowest BCUT2D eigenvalue weighted by atomic mass is 9.76.